The molecule has 0 N–H and O–H groups in total. The van der Waals surface area contributed by atoms with Crippen molar-refractivity contribution in [1.82, 2.24) is 24.5 Å². The molecule has 1 aromatic carbocycles. The van der Waals surface area contributed by atoms with Gasteiger partial charge in [-0.2, -0.15) is 9.61 Å². The lowest BCUT2D eigenvalue weighted by Crippen LogP contribution is -2.60. The smallest absolute Gasteiger partial charge is 0.258 e. The summed E-state index contributed by atoms with van der Waals surface area (Å²) in [6, 6.07) is 16.6. The van der Waals surface area contributed by atoms with Gasteiger partial charge in [0.1, 0.15) is 0 Å². The van der Waals surface area contributed by atoms with Crippen LogP contribution < -0.4 is 0 Å². The van der Waals surface area contributed by atoms with Gasteiger partial charge in [-0.25, -0.2) is 9.97 Å². The summed E-state index contributed by atoms with van der Waals surface area (Å²) in [7, 11) is 0. The predicted molar refractivity (Wildman–Crippen MR) is 168 cm³/mol. The highest BCUT2D eigenvalue weighted by Crippen LogP contribution is 2.60. The number of pyridine rings is 1. The lowest BCUT2D eigenvalue weighted by atomic mass is 9.56. The number of hydrogen-bond donors (Lipinski definition) is 0. The number of carbonyl (C=O) groups is 2. The van der Waals surface area contributed by atoms with Crippen LogP contribution in [0.4, 0.5) is 0 Å². The molecule has 4 aromatic heterocycles. The van der Waals surface area contributed by atoms with E-state index in [0.29, 0.717) is 12.0 Å². The van der Waals surface area contributed by atoms with Gasteiger partial charge in [-0.05, 0) is 61.6 Å². The van der Waals surface area contributed by atoms with Crippen LogP contribution in [-0.4, -0.2) is 36.3 Å². The number of amides is 2. The van der Waals surface area contributed by atoms with Crippen LogP contribution in [0.2, 0.25) is 0 Å². The minimum absolute atomic E-state index is 0.0195. The Morgan fingerprint density at radius 3 is 2.49 bits per heavy atom. The molecule has 2 amide bonds. The van der Waals surface area contributed by atoms with Crippen molar-refractivity contribution in [2.75, 3.05) is 0 Å². The third-order valence-corrected chi connectivity index (χ3v) is 10.3. The number of hydrogen-bond acceptors (Lipinski definition) is 6. The molecule has 8 rings (SSSR count). The van der Waals surface area contributed by atoms with Gasteiger partial charge in [0, 0.05) is 39.2 Å². The molecule has 43 heavy (non-hydrogen) atoms. The van der Waals surface area contributed by atoms with Crippen LogP contribution in [-0.2, 0) is 15.1 Å². The molecule has 0 bridgehead atoms. The number of imide groups is 1. The Hall–Kier alpha value is -4.43. The fourth-order valence-electron chi connectivity index (χ4n) is 7.58. The monoisotopic (exact) mass is 585 g/mol. The van der Waals surface area contributed by atoms with E-state index in [-0.39, 0.29) is 17.2 Å². The molecule has 8 heteroatoms. The van der Waals surface area contributed by atoms with Crippen LogP contribution in [0, 0.1) is 17.8 Å². The summed E-state index contributed by atoms with van der Waals surface area (Å²) < 4.78 is 1.81. The van der Waals surface area contributed by atoms with Crippen molar-refractivity contribution in [3.8, 4) is 21.7 Å². The second kappa shape index (κ2) is 8.80. The Balaban J connectivity index is 1.26. The number of allylic oxidation sites excluding steroid dienone is 2. The molecular formula is C35H31N5O2S. The van der Waals surface area contributed by atoms with Crippen LogP contribution >= 0.6 is 11.3 Å². The number of carbonyl (C=O) groups excluding carboxylic acids is 2. The Bertz CT molecular complexity index is 2040. The van der Waals surface area contributed by atoms with Crippen LogP contribution in [0.3, 0.4) is 0 Å². The van der Waals surface area contributed by atoms with Gasteiger partial charge >= 0.3 is 0 Å². The summed E-state index contributed by atoms with van der Waals surface area (Å²) in [5.41, 5.74) is 5.28. The van der Waals surface area contributed by atoms with E-state index in [1.54, 1.807) is 20.8 Å². The summed E-state index contributed by atoms with van der Waals surface area (Å²) in [4.78, 5) is 40.3. The Kier molecular flexibility index (Phi) is 5.36. The van der Waals surface area contributed by atoms with E-state index < -0.39 is 11.0 Å². The molecule has 1 atom stereocenters. The van der Waals surface area contributed by atoms with E-state index in [2.05, 4.69) is 65.7 Å². The molecule has 5 aromatic rings. The van der Waals surface area contributed by atoms with Gasteiger partial charge in [-0.15, -0.1) is 11.3 Å². The van der Waals surface area contributed by atoms with E-state index in [9.17, 15) is 9.59 Å². The van der Waals surface area contributed by atoms with Crippen LogP contribution in [0.5, 0.6) is 0 Å². The number of nitrogens with zero attached hydrogens (tertiary/aromatic N) is 5. The molecule has 2 aliphatic carbocycles. The quantitative estimate of drug-likeness (QED) is 0.164. The normalized spacial score (nSPS) is 22.2. The van der Waals surface area contributed by atoms with Gasteiger partial charge in [-0.3, -0.25) is 14.5 Å². The first-order valence-electron chi connectivity index (χ1n) is 14.7. The molecule has 1 saturated carbocycles. The van der Waals surface area contributed by atoms with Crippen molar-refractivity contribution in [2.24, 2.45) is 10.8 Å². The van der Waals surface area contributed by atoms with Crippen molar-refractivity contribution in [2.45, 2.75) is 52.5 Å². The van der Waals surface area contributed by atoms with Crippen LogP contribution in [0.15, 0.2) is 83.9 Å². The van der Waals surface area contributed by atoms with E-state index in [0.717, 1.165) is 62.5 Å². The summed E-state index contributed by atoms with van der Waals surface area (Å²) >= 11 is 1.67. The van der Waals surface area contributed by atoms with Crippen molar-refractivity contribution >= 4 is 39.8 Å². The second-order valence-electron chi connectivity index (χ2n) is 13.1. The van der Waals surface area contributed by atoms with Crippen molar-refractivity contribution < 1.29 is 9.59 Å². The number of likely N-dealkylation sites (tertiary alicyclic amines) is 1. The van der Waals surface area contributed by atoms with E-state index >= 15 is 0 Å². The van der Waals surface area contributed by atoms with Gasteiger partial charge in [-0.1, -0.05) is 62.4 Å². The predicted octanol–water partition coefficient (Wildman–Crippen LogP) is 7.26. The zero-order chi connectivity index (χ0) is 29.7. The highest BCUT2D eigenvalue weighted by Gasteiger charge is 2.64. The van der Waals surface area contributed by atoms with Gasteiger partial charge in [0.25, 0.3) is 5.91 Å². The third kappa shape index (κ3) is 3.69. The Morgan fingerprint density at radius 1 is 1.00 bits per heavy atom. The molecule has 7 nitrogen and oxygen atoms in total. The topological polar surface area (TPSA) is 80.5 Å². The first-order valence-corrected chi connectivity index (χ1v) is 15.6. The number of benzene rings is 1. The summed E-state index contributed by atoms with van der Waals surface area (Å²) in [6.07, 6.45) is 9.81. The zero-order valence-corrected chi connectivity index (χ0v) is 25.4. The largest absolute Gasteiger partial charge is 0.273 e. The first-order chi connectivity index (χ1) is 20.6. The minimum Gasteiger partial charge on any atom is -0.273 e. The number of aryl methyl sites for hydroxylation is 1. The standard InChI is InChI=1S/C35H31N5O2S/c1-21-16-28-36-18-23-17-25(27-9-7-15-43-27)29(37-30(23)40(28)38-21)22-10-12-24(13-11-22)35(19-33(2,3)20-35)39-31(41)26-8-5-6-14-34(26,4)32(39)42/h6-18H,5,19-20H2,1-4H3. The SMILES string of the molecule is Cc1cc2ncc3cc(-c4cccs4)c(-c4ccc(C5(N6C(=O)C7=CCC=CC7(C)C6=O)CC(C)(C)C5)cc4)nc3n2n1. The average Bonchev–Trinajstić information content (AvgIpc) is 3.69. The van der Waals surface area contributed by atoms with E-state index in [4.69, 9.17) is 4.98 Å². The number of rotatable bonds is 4. The maximum atomic E-state index is 14.0. The number of thiophene rings is 1. The molecule has 0 spiro atoms. The number of fused-ring (bicyclic) bond motifs is 4. The second-order valence-corrected chi connectivity index (χ2v) is 14.1. The van der Waals surface area contributed by atoms with Crippen LogP contribution in [0.25, 0.3) is 38.4 Å². The highest BCUT2D eigenvalue weighted by atomic mass is 32.1. The van der Waals surface area contributed by atoms with E-state index in [1.165, 1.54) is 0 Å². The third-order valence-electron chi connectivity index (χ3n) is 9.38. The molecule has 1 unspecified atom stereocenters. The zero-order valence-electron chi connectivity index (χ0n) is 24.6. The molecule has 3 aliphatic rings. The average molecular weight is 586 g/mol. The van der Waals surface area contributed by atoms with Crippen LogP contribution in [0.1, 0.15) is 51.3 Å². The Morgan fingerprint density at radius 2 is 1.79 bits per heavy atom. The summed E-state index contributed by atoms with van der Waals surface area (Å²) in [5.74, 6) is -0.276. The molecule has 1 aliphatic heterocycles. The molecule has 1 saturated heterocycles. The van der Waals surface area contributed by atoms with E-state index in [1.807, 2.05) is 50.4 Å². The summed E-state index contributed by atoms with van der Waals surface area (Å²) in [5, 5.41) is 7.64. The minimum atomic E-state index is -0.891. The lowest BCUT2D eigenvalue weighted by Gasteiger charge is -2.57. The van der Waals surface area contributed by atoms with Gasteiger partial charge in [0.05, 0.1) is 22.3 Å². The fraction of sp³-hybridized carbons (Fsp3) is 0.286. The lowest BCUT2D eigenvalue weighted by molar-refractivity contribution is -0.159. The van der Waals surface area contributed by atoms with Gasteiger partial charge < -0.3 is 0 Å². The number of aromatic nitrogens is 4. The molecule has 5 heterocycles. The maximum Gasteiger partial charge on any atom is 0.258 e. The maximum absolute atomic E-state index is 14.0. The van der Waals surface area contributed by atoms with Gasteiger partial charge in [0.15, 0.2) is 11.3 Å². The summed E-state index contributed by atoms with van der Waals surface area (Å²) in [6.45, 7) is 8.24. The van der Waals surface area contributed by atoms with Crippen molar-refractivity contribution in [3.63, 3.8) is 0 Å². The molecule has 2 fully saturated rings. The Labute approximate surface area is 253 Å². The molecule has 214 valence electrons. The molecular weight excluding hydrogens is 554 g/mol. The highest BCUT2D eigenvalue weighted by molar-refractivity contribution is 7.13. The fourth-order valence-corrected chi connectivity index (χ4v) is 8.32. The van der Waals surface area contributed by atoms with Gasteiger partial charge in [0.2, 0.25) is 5.91 Å². The molecule has 0 radical (unpaired) electrons. The first kappa shape index (κ1) is 26.2. The van der Waals surface area contributed by atoms with Crippen molar-refractivity contribution in [3.05, 3.63) is 95.2 Å². The van der Waals surface area contributed by atoms with Crippen molar-refractivity contribution in [1.29, 1.82) is 0 Å².